The first-order valence-electron chi connectivity index (χ1n) is 7.78. The van der Waals surface area contributed by atoms with Crippen molar-refractivity contribution in [1.82, 2.24) is 5.32 Å². The van der Waals surface area contributed by atoms with E-state index in [0.29, 0.717) is 6.04 Å². The molecule has 0 aliphatic heterocycles. The monoisotopic (exact) mass is 279 g/mol. The third kappa shape index (κ3) is 6.80. The van der Waals surface area contributed by atoms with Gasteiger partial charge in [-0.05, 0) is 37.1 Å². The second kappa shape index (κ2) is 9.65. The van der Waals surface area contributed by atoms with E-state index in [9.17, 15) is 0 Å². The summed E-state index contributed by atoms with van der Waals surface area (Å²) in [7, 11) is 0. The van der Waals surface area contributed by atoms with E-state index in [1.165, 1.54) is 0 Å². The molecule has 0 heterocycles. The predicted molar refractivity (Wildman–Crippen MR) is 84.7 cm³/mol. The van der Waals surface area contributed by atoms with E-state index in [0.717, 1.165) is 43.9 Å². The molecule has 3 heteroatoms. The van der Waals surface area contributed by atoms with Crippen LogP contribution in [0.5, 0.6) is 11.5 Å². The smallest absolute Gasteiger partial charge is 0.120 e. The van der Waals surface area contributed by atoms with Gasteiger partial charge in [0, 0.05) is 12.6 Å². The first-order chi connectivity index (χ1) is 9.65. The van der Waals surface area contributed by atoms with E-state index in [1.54, 1.807) is 0 Å². The van der Waals surface area contributed by atoms with Gasteiger partial charge in [-0.25, -0.2) is 0 Å². The zero-order chi connectivity index (χ0) is 14.8. The van der Waals surface area contributed by atoms with Crippen molar-refractivity contribution in [2.75, 3.05) is 13.2 Å². The Hall–Kier alpha value is -1.22. The molecule has 1 aromatic carbocycles. The molecular weight excluding hydrogens is 250 g/mol. The average molecular weight is 279 g/mol. The second-order valence-corrected chi connectivity index (χ2v) is 5.41. The van der Waals surface area contributed by atoms with E-state index in [2.05, 4.69) is 33.0 Å². The van der Waals surface area contributed by atoms with Crippen LogP contribution in [0.4, 0.5) is 0 Å². The van der Waals surface area contributed by atoms with Crippen molar-refractivity contribution in [2.24, 2.45) is 0 Å². The van der Waals surface area contributed by atoms with Crippen molar-refractivity contribution in [2.45, 2.75) is 59.1 Å². The van der Waals surface area contributed by atoms with Gasteiger partial charge in [-0.3, -0.25) is 0 Å². The Balaban J connectivity index is 2.50. The maximum atomic E-state index is 6.05. The summed E-state index contributed by atoms with van der Waals surface area (Å²) >= 11 is 0. The van der Waals surface area contributed by atoms with Crippen LogP contribution in [0.3, 0.4) is 0 Å². The molecule has 1 rings (SSSR count). The molecule has 0 aliphatic carbocycles. The minimum atomic E-state index is 0.227. The third-order valence-corrected chi connectivity index (χ3v) is 2.96. The molecular formula is C17H29NO2. The van der Waals surface area contributed by atoms with Crippen molar-refractivity contribution in [3.8, 4) is 11.5 Å². The molecule has 1 atom stereocenters. The molecule has 0 bridgehead atoms. The Morgan fingerprint density at radius 1 is 1.00 bits per heavy atom. The van der Waals surface area contributed by atoms with Crippen molar-refractivity contribution >= 4 is 0 Å². The third-order valence-electron chi connectivity index (χ3n) is 2.96. The zero-order valence-corrected chi connectivity index (χ0v) is 13.3. The first kappa shape index (κ1) is 16.8. The predicted octanol–water partition coefficient (Wildman–Crippen LogP) is 4.02. The van der Waals surface area contributed by atoms with Crippen LogP contribution in [0.1, 0.15) is 47.0 Å². The number of benzene rings is 1. The molecule has 0 saturated carbocycles. The summed E-state index contributed by atoms with van der Waals surface area (Å²) in [6.07, 6.45) is 3.44. The van der Waals surface area contributed by atoms with E-state index in [-0.39, 0.29) is 6.10 Å². The number of hydrogen-bond donors (Lipinski definition) is 1. The Morgan fingerprint density at radius 2 is 1.65 bits per heavy atom. The molecule has 1 unspecified atom stereocenters. The van der Waals surface area contributed by atoms with E-state index in [4.69, 9.17) is 9.47 Å². The summed E-state index contributed by atoms with van der Waals surface area (Å²) in [5.41, 5.74) is 0. The second-order valence-electron chi connectivity index (χ2n) is 5.41. The number of hydrogen-bond acceptors (Lipinski definition) is 3. The topological polar surface area (TPSA) is 30.5 Å². The average Bonchev–Trinajstić information content (AvgIpc) is 2.44. The standard InChI is InChI=1S/C17H29NO2/c1-5-7-17(13-18-14(3)4)20-16-10-8-15(9-11-16)19-12-6-2/h8-11,14,17-18H,5-7,12-13H2,1-4H3. The number of nitrogens with one attached hydrogen (secondary N) is 1. The van der Waals surface area contributed by atoms with Crippen LogP contribution in [0, 0.1) is 0 Å². The Labute approximate surface area is 123 Å². The van der Waals surface area contributed by atoms with Gasteiger partial charge in [0.25, 0.3) is 0 Å². The Kier molecular flexibility index (Phi) is 8.12. The molecule has 20 heavy (non-hydrogen) atoms. The highest BCUT2D eigenvalue weighted by Gasteiger charge is 2.10. The lowest BCUT2D eigenvalue weighted by molar-refractivity contribution is 0.183. The van der Waals surface area contributed by atoms with Gasteiger partial charge >= 0.3 is 0 Å². The van der Waals surface area contributed by atoms with Crippen LogP contribution in [-0.2, 0) is 0 Å². The van der Waals surface area contributed by atoms with Crippen molar-refractivity contribution < 1.29 is 9.47 Å². The van der Waals surface area contributed by atoms with Crippen LogP contribution in [-0.4, -0.2) is 25.3 Å². The molecule has 0 aromatic heterocycles. The summed E-state index contributed by atoms with van der Waals surface area (Å²) in [5, 5.41) is 3.44. The van der Waals surface area contributed by atoms with E-state index in [1.807, 2.05) is 24.3 Å². The van der Waals surface area contributed by atoms with Gasteiger partial charge in [0.15, 0.2) is 0 Å². The van der Waals surface area contributed by atoms with Crippen LogP contribution in [0.25, 0.3) is 0 Å². The fourth-order valence-electron chi connectivity index (χ4n) is 1.92. The Morgan fingerprint density at radius 3 is 2.20 bits per heavy atom. The summed E-state index contributed by atoms with van der Waals surface area (Å²) in [5.74, 6) is 1.82. The van der Waals surface area contributed by atoms with Gasteiger partial charge in [0.1, 0.15) is 17.6 Å². The summed E-state index contributed by atoms with van der Waals surface area (Å²) in [4.78, 5) is 0. The SMILES string of the molecule is CCCOc1ccc(OC(CCC)CNC(C)C)cc1. The fraction of sp³-hybridized carbons (Fsp3) is 0.647. The van der Waals surface area contributed by atoms with Crippen molar-refractivity contribution in [3.05, 3.63) is 24.3 Å². The van der Waals surface area contributed by atoms with Gasteiger partial charge < -0.3 is 14.8 Å². The first-order valence-corrected chi connectivity index (χ1v) is 7.78. The van der Waals surface area contributed by atoms with Crippen LogP contribution < -0.4 is 14.8 Å². The summed E-state index contributed by atoms with van der Waals surface area (Å²) in [6, 6.07) is 8.42. The van der Waals surface area contributed by atoms with Crippen molar-refractivity contribution in [1.29, 1.82) is 0 Å². The normalized spacial score (nSPS) is 12.4. The molecule has 0 fully saturated rings. The van der Waals surface area contributed by atoms with Gasteiger partial charge in [-0.2, -0.15) is 0 Å². The minimum Gasteiger partial charge on any atom is -0.494 e. The summed E-state index contributed by atoms with van der Waals surface area (Å²) in [6.45, 7) is 10.3. The van der Waals surface area contributed by atoms with Crippen LogP contribution in [0.15, 0.2) is 24.3 Å². The molecule has 3 nitrogen and oxygen atoms in total. The number of rotatable bonds is 10. The molecule has 1 aromatic rings. The Bertz CT molecular complexity index is 349. The highest BCUT2D eigenvalue weighted by molar-refractivity contribution is 5.31. The molecule has 0 amide bonds. The van der Waals surface area contributed by atoms with Crippen LogP contribution >= 0.6 is 0 Å². The fourth-order valence-corrected chi connectivity index (χ4v) is 1.92. The molecule has 0 aliphatic rings. The van der Waals surface area contributed by atoms with Crippen LogP contribution in [0.2, 0.25) is 0 Å². The van der Waals surface area contributed by atoms with Gasteiger partial charge in [-0.1, -0.05) is 34.1 Å². The lowest BCUT2D eigenvalue weighted by Crippen LogP contribution is -2.35. The van der Waals surface area contributed by atoms with E-state index >= 15 is 0 Å². The highest BCUT2D eigenvalue weighted by Crippen LogP contribution is 2.19. The minimum absolute atomic E-state index is 0.227. The molecule has 0 saturated heterocycles. The highest BCUT2D eigenvalue weighted by atomic mass is 16.5. The summed E-state index contributed by atoms with van der Waals surface area (Å²) < 4.78 is 11.6. The lowest BCUT2D eigenvalue weighted by atomic mass is 10.2. The molecule has 114 valence electrons. The van der Waals surface area contributed by atoms with Gasteiger partial charge in [-0.15, -0.1) is 0 Å². The maximum Gasteiger partial charge on any atom is 0.120 e. The van der Waals surface area contributed by atoms with Gasteiger partial charge in [0.2, 0.25) is 0 Å². The molecule has 1 N–H and O–H groups in total. The molecule has 0 spiro atoms. The number of ether oxygens (including phenoxy) is 2. The maximum absolute atomic E-state index is 6.05. The van der Waals surface area contributed by atoms with E-state index < -0.39 is 0 Å². The van der Waals surface area contributed by atoms with Gasteiger partial charge in [0.05, 0.1) is 6.61 Å². The van der Waals surface area contributed by atoms with Crippen molar-refractivity contribution in [3.63, 3.8) is 0 Å². The quantitative estimate of drug-likeness (QED) is 0.701. The zero-order valence-electron chi connectivity index (χ0n) is 13.3. The largest absolute Gasteiger partial charge is 0.494 e. The molecule has 0 radical (unpaired) electrons. The lowest BCUT2D eigenvalue weighted by Gasteiger charge is -2.20.